The van der Waals surface area contributed by atoms with E-state index < -0.39 is 11.7 Å². The Labute approximate surface area is 134 Å². The molecule has 2 aromatic rings. The van der Waals surface area contributed by atoms with Crippen LogP contribution in [-0.2, 0) is 4.79 Å². The van der Waals surface area contributed by atoms with Gasteiger partial charge in [0.2, 0.25) is 5.91 Å². The molecular formula is C18H19FN2O2. The first-order chi connectivity index (χ1) is 11.0. The highest BCUT2D eigenvalue weighted by molar-refractivity contribution is 5.95. The molecule has 23 heavy (non-hydrogen) atoms. The number of carbonyl (C=O) groups is 2. The molecule has 0 aliphatic heterocycles. The summed E-state index contributed by atoms with van der Waals surface area (Å²) in [6, 6.07) is 13.3. The number of hydrogen-bond acceptors (Lipinski definition) is 2. The molecule has 0 saturated carbocycles. The fraction of sp³-hybridized carbons (Fsp3) is 0.222. The molecule has 0 aliphatic carbocycles. The number of nitrogens with one attached hydrogen (secondary N) is 1. The average Bonchev–Trinajstić information content (AvgIpc) is 2.52. The zero-order valence-corrected chi connectivity index (χ0v) is 13.2. The van der Waals surface area contributed by atoms with E-state index in [1.807, 2.05) is 31.2 Å². The van der Waals surface area contributed by atoms with E-state index in [0.717, 1.165) is 11.3 Å². The van der Waals surface area contributed by atoms with Crippen LogP contribution in [0.4, 0.5) is 10.1 Å². The van der Waals surface area contributed by atoms with Crippen molar-refractivity contribution in [3.05, 3.63) is 65.5 Å². The summed E-state index contributed by atoms with van der Waals surface area (Å²) in [7, 11) is 0. The molecule has 2 rings (SSSR count). The third kappa shape index (κ3) is 4.39. The lowest BCUT2D eigenvalue weighted by Gasteiger charge is -2.21. The van der Waals surface area contributed by atoms with Crippen molar-refractivity contribution >= 4 is 17.5 Å². The molecule has 5 heteroatoms. The smallest absolute Gasteiger partial charge is 0.254 e. The highest BCUT2D eigenvalue weighted by Crippen LogP contribution is 2.15. The Morgan fingerprint density at radius 3 is 2.35 bits per heavy atom. The minimum Gasteiger partial charge on any atom is -0.350 e. The van der Waals surface area contributed by atoms with Crippen LogP contribution in [0.2, 0.25) is 0 Å². The van der Waals surface area contributed by atoms with Gasteiger partial charge in [-0.3, -0.25) is 9.59 Å². The largest absolute Gasteiger partial charge is 0.350 e. The van der Waals surface area contributed by atoms with Crippen LogP contribution < -0.4 is 10.2 Å². The molecule has 0 aromatic heterocycles. The Kier molecular flexibility index (Phi) is 5.46. The molecular weight excluding hydrogens is 295 g/mol. The van der Waals surface area contributed by atoms with Crippen molar-refractivity contribution in [3.8, 4) is 0 Å². The number of anilines is 1. The number of nitrogens with zero attached hydrogens (tertiary/aromatic N) is 1. The van der Waals surface area contributed by atoms with E-state index >= 15 is 0 Å². The molecule has 0 aliphatic rings. The Bertz CT molecular complexity index is 698. The summed E-state index contributed by atoms with van der Waals surface area (Å²) in [4.78, 5) is 25.3. The van der Waals surface area contributed by atoms with Gasteiger partial charge >= 0.3 is 0 Å². The molecule has 0 fully saturated rings. The van der Waals surface area contributed by atoms with Gasteiger partial charge in [-0.1, -0.05) is 29.8 Å². The molecule has 2 aromatic carbocycles. The van der Waals surface area contributed by atoms with E-state index in [9.17, 15) is 14.0 Å². The molecule has 0 heterocycles. The van der Waals surface area contributed by atoms with E-state index in [1.54, 1.807) is 11.0 Å². The van der Waals surface area contributed by atoms with Crippen molar-refractivity contribution in [1.29, 1.82) is 0 Å². The van der Waals surface area contributed by atoms with Crippen molar-refractivity contribution < 1.29 is 14.0 Å². The first kappa shape index (κ1) is 16.7. The summed E-state index contributed by atoms with van der Waals surface area (Å²) in [5, 5.41) is 2.63. The van der Waals surface area contributed by atoms with Gasteiger partial charge in [-0.05, 0) is 31.2 Å². The molecule has 0 saturated heterocycles. The van der Waals surface area contributed by atoms with Crippen LogP contribution in [0, 0.1) is 12.7 Å². The fourth-order valence-corrected chi connectivity index (χ4v) is 2.21. The summed E-state index contributed by atoms with van der Waals surface area (Å²) >= 11 is 0. The minimum atomic E-state index is -0.563. The van der Waals surface area contributed by atoms with Crippen LogP contribution in [0.1, 0.15) is 22.8 Å². The van der Waals surface area contributed by atoms with Gasteiger partial charge in [0.25, 0.3) is 5.91 Å². The second-order valence-electron chi connectivity index (χ2n) is 5.24. The lowest BCUT2D eigenvalue weighted by Crippen LogP contribution is -2.37. The zero-order chi connectivity index (χ0) is 16.8. The van der Waals surface area contributed by atoms with Gasteiger partial charge in [0.1, 0.15) is 5.82 Å². The number of halogens is 1. The third-order valence-electron chi connectivity index (χ3n) is 3.47. The first-order valence-corrected chi connectivity index (χ1v) is 7.36. The molecule has 0 radical (unpaired) electrons. The van der Waals surface area contributed by atoms with Crippen molar-refractivity contribution in [2.75, 3.05) is 18.0 Å². The number of benzene rings is 2. The van der Waals surface area contributed by atoms with Crippen LogP contribution in [-0.4, -0.2) is 24.9 Å². The van der Waals surface area contributed by atoms with Crippen LogP contribution in [0.15, 0.2) is 48.5 Å². The number of rotatable bonds is 5. The topological polar surface area (TPSA) is 49.4 Å². The molecule has 120 valence electrons. The van der Waals surface area contributed by atoms with E-state index in [4.69, 9.17) is 0 Å². The molecule has 0 atom stereocenters. The van der Waals surface area contributed by atoms with Crippen LogP contribution in [0.5, 0.6) is 0 Å². The Morgan fingerprint density at radius 2 is 1.74 bits per heavy atom. The van der Waals surface area contributed by atoms with Crippen molar-refractivity contribution in [2.45, 2.75) is 13.8 Å². The Morgan fingerprint density at radius 1 is 1.09 bits per heavy atom. The van der Waals surface area contributed by atoms with Gasteiger partial charge in [-0.15, -0.1) is 0 Å². The predicted molar refractivity (Wildman–Crippen MR) is 87.9 cm³/mol. The van der Waals surface area contributed by atoms with Crippen molar-refractivity contribution in [1.82, 2.24) is 5.32 Å². The van der Waals surface area contributed by atoms with E-state index in [-0.39, 0.29) is 18.0 Å². The molecule has 2 amide bonds. The lowest BCUT2D eigenvalue weighted by atomic mass is 10.2. The summed E-state index contributed by atoms with van der Waals surface area (Å²) in [6.45, 7) is 3.99. The number of carbonyl (C=O) groups excluding carboxylic acids is 2. The first-order valence-electron chi connectivity index (χ1n) is 7.36. The van der Waals surface area contributed by atoms with Gasteiger partial charge in [-0.2, -0.15) is 0 Å². The summed E-state index contributed by atoms with van der Waals surface area (Å²) in [5.41, 5.74) is 1.87. The summed E-state index contributed by atoms with van der Waals surface area (Å²) < 4.78 is 13.5. The molecule has 4 nitrogen and oxygen atoms in total. The van der Waals surface area contributed by atoms with Crippen LogP contribution in [0.25, 0.3) is 0 Å². The quantitative estimate of drug-likeness (QED) is 0.922. The predicted octanol–water partition coefficient (Wildman–Crippen LogP) is 2.92. The van der Waals surface area contributed by atoms with Crippen molar-refractivity contribution in [3.63, 3.8) is 0 Å². The standard InChI is InChI=1S/C18H19FN2O2/c1-13-7-9-15(10-8-13)21(14(2)22)12-11-20-18(23)16-5-3-4-6-17(16)19/h3-10H,11-12H2,1-2H3,(H,20,23). The normalized spacial score (nSPS) is 10.2. The average molecular weight is 314 g/mol. The molecule has 0 bridgehead atoms. The highest BCUT2D eigenvalue weighted by Gasteiger charge is 2.13. The third-order valence-corrected chi connectivity index (χ3v) is 3.47. The lowest BCUT2D eigenvalue weighted by molar-refractivity contribution is -0.116. The van der Waals surface area contributed by atoms with E-state index in [0.29, 0.717) is 6.54 Å². The minimum absolute atomic E-state index is 0.00258. The van der Waals surface area contributed by atoms with E-state index in [1.165, 1.54) is 25.1 Å². The summed E-state index contributed by atoms with van der Waals surface area (Å²) in [6.07, 6.45) is 0. The van der Waals surface area contributed by atoms with Gasteiger partial charge in [0.05, 0.1) is 5.56 Å². The second-order valence-corrected chi connectivity index (χ2v) is 5.24. The van der Waals surface area contributed by atoms with Crippen LogP contribution >= 0.6 is 0 Å². The van der Waals surface area contributed by atoms with E-state index in [2.05, 4.69) is 5.32 Å². The van der Waals surface area contributed by atoms with Gasteiger partial charge in [-0.25, -0.2) is 4.39 Å². The highest BCUT2D eigenvalue weighted by atomic mass is 19.1. The van der Waals surface area contributed by atoms with Gasteiger partial charge < -0.3 is 10.2 Å². The number of amides is 2. The number of hydrogen-bond donors (Lipinski definition) is 1. The molecule has 0 spiro atoms. The zero-order valence-electron chi connectivity index (χ0n) is 13.2. The fourth-order valence-electron chi connectivity index (χ4n) is 2.21. The maximum absolute atomic E-state index is 13.5. The Hall–Kier alpha value is -2.69. The maximum Gasteiger partial charge on any atom is 0.254 e. The van der Waals surface area contributed by atoms with Crippen molar-refractivity contribution in [2.24, 2.45) is 0 Å². The Balaban J connectivity index is 1.97. The van der Waals surface area contributed by atoms with Crippen LogP contribution in [0.3, 0.4) is 0 Å². The second kappa shape index (κ2) is 7.54. The maximum atomic E-state index is 13.5. The monoisotopic (exact) mass is 314 g/mol. The molecule has 1 N–H and O–H groups in total. The number of aryl methyl sites for hydroxylation is 1. The molecule has 0 unspecified atom stereocenters. The summed E-state index contributed by atoms with van der Waals surface area (Å²) in [5.74, 6) is -1.17. The van der Waals surface area contributed by atoms with Gasteiger partial charge in [0, 0.05) is 25.7 Å². The SMILES string of the molecule is CC(=O)N(CCNC(=O)c1ccccc1F)c1ccc(C)cc1. The van der Waals surface area contributed by atoms with Gasteiger partial charge in [0.15, 0.2) is 0 Å².